The van der Waals surface area contributed by atoms with Crippen molar-refractivity contribution in [3.8, 4) is 16.9 Å². The van der Waals surface area contributed by atoms with Gasteiger partial charge in [-0.25, -0.2) is 4.79 Å². The van der Waals surface area contributed by atoms with Crippen molar-refractivity contribution in [1.29, 1.82) is 0 Å². The molecule has 0 bridgehead atoms. The molecule has 4 aromatic rings. The Morgan fingerprint density at radius 3 is 2.07 bits per heavy atom. The lowest BCUT2D eigenvalue weighted by Crippen LogP contribution is -2.18. The number of rotatable bonds is 5. The summed E-state index contributed by atoms with van der Waals surface area (Å²) in [7, 11) is 0. The number of hydrogen-bond donors (Lipinski definition) is 2. The van der Waals surface area contributed by atoms with E-state index in [9.17, 15) is 4.79 Å². The molecular formula is C26H22N2O2. The van der Waals surface area contributed by atoms with Gasteiger partial charge >= 0.3 is 6.09 Å². The van der Waals surface area contributed by atoms with Crippen LogP contribution in [0.15, 0.2) is 103 Å². The Balaban J connectivity index is 1.45. The van der Waals surface area contributed by atoms with Crippen LogP contribution >= 0.6 is 0 Å². The topological polar surface area (TPSA) is 64.3 Å². The van der Waals surface area contributed by atoms with Crippen LogP contribution in [0.4, 0.5) is 16.2 Å². The molecule has 0 spiro atoms. The number of nitrogens with two attached hydrogens (primary N) is 1. The molecular weight excluding hydrogens is 372 g/mol. The van der Waals surface area contributed by atoms with E-state index in [1.165, 1.54) is 11.1 Å². The fourth-order valence-corrected chi connectivity index (χ4v) is 3.29. The molecule has 0 saturated heterocycles. The van der Waals surface area contributed by atoms with Gasteiger partial charge in [0.2, 0.25) is 0 Å². The highest BCUT2D eigenvalue weighted by atomic mass is 16.6. The van der Waals surface area contributed by atoms with Gasteiger partial charge in [-0.15, -0.1) is 0 Å². The van der Waals surface area contributed by atoms with Crippen molar-refractivity contribution in [2.75, 3.05) is 11.1 Å². The van der Waals surface area contributed by atoms with Crippen molar-refractivity contribution in [2.24, 2.45) is 0 Å². The van der Waals surface area contributed by atoms with Crippen LogP contribution in [-0.4, -0.2) is 6.09 Å². The summed E-state index contributed by atoms with van der Waals surface area (Å²) >= 11 is 0. The number of nitrogens with one attached hydrogen (secondary N) is 1. The number of benzene rings is 4. The van der Waals surface area contributed by atoms with Crippen LogP contribution < -0.4 is 15.8 Å². The quantitative estimate of drug-likeness (QED) is 0.400. The van der Waals surface area contributed by atoms with E-state index in [0.717, 1.165) is 17.5 Å². The first-order valence-electron chi connectivity index (χ1n) is 9.74. The normalized spacial score (nSPS) is 10.4. The summed E-state index contributed by atoms with van der Waals surface area (Å²) in [5.41, 5.74) is 11.3. The SMILES string of the molecule is Nc1cccc(-c2ccccc2)c1OC(=O)Nc1ccc(Cc2ccccc2)cc1. The molecule has 0 unspecified atom stereocenters. The van der Waals surface area contributed by atoms with Crippen molar-refractivity contribution in [2.45, 2.75) is 6.42 Å². The number of para-hydroxylation sites is 1. The van der Waals surface area contributed by atoms with Crippen molar-refractivity contribution in [3.63, 3.8) is 0 Å². The minimum absolute atomic E-state index is 0.349. The Labute approximate surface area is 175 Å². The highest BCUT2D eigenvalue weighted by molar-refractivity contribution is 5.89. The fourth-order valence-electron chi connectivity index (χ4n) is 3.29. The lowest BCUT2D eigenvalue weighted by atomic mass is 10.0. The average molecular weight is 394 g/mol. The highest BCUT2D eigenvalue weighted by Gasteiger charge is 2.14. The number of carbonyl (C=O) groups excluding carboxylic acids is 1. The second-order valence-corrected chi connectivity index (χ2v) is 6.96. The average Bonchev–Trinajstić information content (AvgIpc) is 2.78. The van der Waals surface area contributed by atoms with Crippen LogP contribution in [0.2, 0.25) is 0 Å². The van der Waals surface area contributed by atoms with E-state index in [1.807, 2.05) is 84.9 Å². The zero-order chi connectivity index (χ0) is 20.8. The lowest BCUT2D eigenvalue weighted by Gasteiger charge is -2.13. The second-order valence-electron chi connectivity index (χ2n) is 6.96. The smallest absolute Gasteiger partial charge is 0.407 e. The van der Waals surface area contributed by atoms with Gasteiger partial charge in [-0.05, 0) is 41.3 Å². The zero-order valence-corrected chi connectivity index (χ0v) is 16.4. The van der Waals surface area contributed by atoms with Crippen LogP contribution in [-0.2, 0) is 6.42 Å². The predicted molar refractivity (Wildman–Crippen MR) is 122 cm³/mol. The van der Waals surface area contributed by atoms with Crippen molar-refractivity contribution >= 4 is 17.5 Å². The van der Waals surface area contributed by atoms with Gasteiger partial charge in [0.15, 0.2) is 5.75 Å². The molecule has 1 amide bonds. The summed E-state index contributed by atoms with van der Waals surface area (Å²) in [5, 5.41) is 2.77. The molecule has 4 aromatic carbocycles. The van der Waals surface area contributed by atoms with E-state index in [1.54, 1.807) is 6.07 Å². The van der Waals surface area contributed by atoms with Crippen LogP contribution in [0.25, 0.3) is 11.1 Å². The minimum Gasteiger partial charge on any atom is -0.407 e. The standard InChI is InChI=1S/C26H22N2O2/c27-24-13-7-12-23(21-10-5-2-6-11-21)25(24)30-26(29)28-22-16-14-20(15-17-22)18-19-8-3-1-4-9-19/h1-17H,18,27H2,(H,28,29). The Morgan fingerprint density at radius 1 is 0.733 bits per heavy atom. The monoisotopic (exact) mass is 394 g/mol. The van der Waals surface area contributed by atoms with Gasteiger partial charge in [0.05, 0.1) is 5.69 Å². The second kappa shape index (κ2) is 8.97. The number of anilines is 2. The Kier molecular flexibility index (Phi) is 5.76. The summed E-state index contributed by atoms with van der Waals surface area (Å²) in [6.07, 6.45) is 0.257. The minimum atomic E-state index is -0.583. The molecule has 0 aliphatic carbocycles. The first-order chi connectivity index (χ1) is 14.7. The third-order valence-electron chi connectivity index (χ3n) is 4.78. The Morgan fingerprint density at radius 2 is 1.37 bits per heavy atom. The molecule has 0 heterocycles. The molecule has 0 radical (unpaired) electrons. The van der Waals surface area contributed by atoms with Crippen molar-refractivity contribution in [1.82, 2.24) is 0 Å². The van der Waals surface area contributed by atoms with E-state index in [2.05, 4.69) is 17.4 Å². The van der Waals surface area contributed by atoms with Crippen LogP contribution in [0.3, 0.4) is 0 Å². The third-order valence-corrected chi connectivity index (χ3v) is 4.78. The van der Waals surface area contributed by atoms with Gasteiger partial charge in [-0.3, -0.25) is 5.32 Å². The maximum absolute atomic E-state index is 12.5. The first kappa shape index (κ1) is 19.3. The van der Waals surface area contributed by atoms with Gasteiger partial charge in [0, 0.05) is 11.3 Å². The van der Waals surface area contributed by atoms with Crippen LogP contribution in [0, 0.1) is 0 Å². The first-order valence-corrected chi connectivity index (χ1v) is 9.74. The van der Waals surface area contributed by atoms with E-state index < -0.39 is 6.09 Å². The third kappa shape index (κ3) is 4.67. The van der Waals surface area contributed by atoms with Gasteiger partial charge < -0.3 is 10.5 Å². The summed E-state index contributed by atoms with van der Waals surface area (Å²) in [6.45, 7) is 0. The van der Waals surface area contributed by atoms with Crippen LogP contribution in [0.1, 0.15) is 11.1 Å². The van der Waals surface area contributed by atoms with Gasteiger partial charge in [-0.2, -0.15) is 0 Å². The molecule has 4 nitrogen and oxygen atoms in total. The molecule has 0 saturated carbocycles. The van der Waals surface area contributed by atoms with E-state index in [0.29, 0.717) is 17.1 Å². The maximum Gasteiger partial charge on any atom is 0.417 e. The van der Waals surface area contributed by atoms with Crippen LogP contribution in [0.5, 0.6) is 5.75 Å². The summed E-state index contributed by atoms with van der Waals surface area (Å²) < 4.78 is 5.59. The molecule has 0 fully saturated rings. The lowest BCUT2D eigenvalue weighted by molar-refractivity contribution is 0.215. The molecule has 0 aromatic heterocycles. The molecule has 30 heavy (non-hydrogen) atoms. The summed E-state index contributed by atoms with van der Waals surface area (Å²) in [6, 6.07) is 33.1. The largest absolute Gasteiger partial charge is 0.417 e. The molecule has 4 rings (SSSR count). The Bertz CT molecular complexity index is 1120. The highest BCUT2D eigenvalue weighted by Crippen LogP contribution is 2.35. The van der Waals surface area contributed by atoms with Crippen molar-refractivity contribution in [3.05, 3.63) is 114 Å². The molecule has 4 heteroatoms. The number of nitrogen functional groups attached to an aromatic ring is 1. The van der Waals surface area contributed by atoms with E-state index in [-0.39, 0.29) is 0 Å². The summed E-state index contributed by atoms with van der Waals surface area (Å²) in [5.74, 6) is 0.349. The van der Waals surface area contributed by atoms with Gasteiger partial charge in [-0.1, -0.05) is 84.9 Å². The predicted octanol–water partition coefficient (Wildman–Crippen LogP) is 6.14. The van der Waals surface area contributed by atoms with E-state index in [4.69, 9.17) is 10.5 Å². The zero-order valence-electron chi connectivity index (χ0n) is 16.4. The number of hydrogen-bond acceptors (Lipinski definition) is 3. The molecule has 3 N–H and O–H groups in total. The molecule has 0 aliphatic rings. The molecule has 0 aliphatic heterocycles. The summed E-state index contributed by atoms with van der Waals surface area (Å²) in [4.78, 5) is 12.5. The number of ether oxygens (including phenoxy) is 1. The Hall–Kier alpha value is -4.05. The van der Waals surface area contributed by atoms with Crippen molar-refractivity contribution < 1.29 is 9.53 Å². The number of carbonyl (C=O) groups is 1. The van der Waals surface area contributed by atoms with E-state index >= 15 is 0 Å². The molecule has 0 atom stereocenters. The van der Waals surface area contributed by atoms with Gasteiger partial charge in [0.1, 0.15) is 0 Å². The fraction of sp³-hybridized carbons (Fsp3) is 0.0385. The van der Waals surface area contributed by atoms with Gasteiger partial charge in [0.25, 0.3) is 0 Å². The maximum atomic E-state index is 12.5. The molecule has 148 valence electrons. The number of amides is 1.